The highest BCUT2D eigenvalue weighted by atomic mass is 35.5. The molecule has 6 rings (SSSR count). The van der Waals surface area contributed by atoms with Crippen molar-refractivity contribution >= 4 is 28.6 Å². The third-order valence-corrected chi connectivity index (χ3v) is 7.52. The van der Waals surface area contributed by atoms with Crippen LogP contribution in [0.15, 0.2) is 46.1 Å². The second-order valence-electron chi connectivity index (χ2n) is 8.75. The number of hydrogen-bond acceptors (Lipinski definition) is 8. The minimum Gasteiger partial charge on any atom is -0.426 e. The highest BCUT2D eigenvalue weighted by Gasteiger charge is 2.32. The van der Waals surface area contributed by atoms with Gasteiger partial charge in [-0.15, -0.1) is 31.7 Å². The molecule has 4 aromatic heterocycles. The Morgan fingerprint density at radius 1 is 1.05 bits per heavy atom. The molecule has 0 saturated heterocycles. The zero-order valence-electron chi connectivity index (χ0n) is 20.5. The van der Waals surface area contributed by atoms with Crippen LogP contribution in [0.1, 0.15) is 56.6 Å². The van der Waals surface area contributed by atoms with E-state index in [4.69, 9.17) is 21.0 Å². The first-order chi connectivity index (χ1) is 17.9. The number of benzene rings is 1. The average molecular weight is 529 g/mol. The number of rotatable bonds is 3. The Labute approximate surface area is 221 Å². The molecule has 0 aliphatic carbocycles. The lowest BCUT2D eigenvalue weighted by molar-refractivity contribution is 0.447. The summed E-state index contributed by atoms with van der Waals surface area (Å²) in [5.74, 6) is 9.08. The van der Waals surface area contributed by atoms with Crippen molar-refractivity contribution in [3.63, 3.8) is 0 Å². The molecule has 0 N–H and O–H groups in total. The molecule has 5 aromatic rings. The third-order valence-electron chi connectivity index (χ3n) is 6.08. The Hall–Kier alpha value is -4.07. The molecular weight excluding hydrogens is 508 g/mol. The van der Waals surface area contributed by atoms with Crippen molar-refractivity contribution in [2.24, 2.45) is 12.0 Å². The van der Waals surface area contributed by atoms with E-state index in [1.54, 1.807) is 29.1 Å². The number of aryl methyl sites for hydroxylation is 3. The summed E-state index contributed by atoms with van der Waals surface area (Å²) in [4.78, 5) is 6.18. The first-order valence-electron chi connectivity index (χ1n) is 11.6. The first-order valence-corrected chi connectivity index (χ1v) is 12.8. The minimum absolute atomic E-state index is 0.379. The molecule has 1 atom stereocenters. The van der Waals surface area contributed by atoms with Crippen LogP contribution < -0.4 is 0 Å². The molecule has 0 saturated carbocycles. The molecule has 9 nitrogen and oxygen atoms in total. The van der Waals surface area contributed by atoms with Gasteiger partial charge in [-0.1, -0.05) is 35.6 Å². The summed E-state index contributed by atoms with van der Waals surface area (Å²) >= 11 is 7.82. The van der Waals surface area contributed by atoms with E-state index in [0.29, 0.717) is 29.0 Å². The van der Waals surface area contributed by atoms with Crippen molar-refractivity contribution in [2.45, 2.75) is 33.2 Å². The fraction of sp³-hybridized carbons (Fsp3) is 0.231. The van der Waals surface area contributed by atoms with Crippen molar-refractivity contribution in [3.8, 4) is 16.8 Å². The molecule has 0 radical (unpaired) electrons. The van der Waals surface area contributed by atoms with Gasteiger partial charge in [0.25, 0.3) is 0 Å². The molecule has 184 valence electrons. The van der Waals surface area contributed by atoms with Crippen molar-refractivity contribution in [3.05, 3.63) is 92.2 Å². The second kappa shape index (κ2) is 9.10. The predicted molar refractivity (Wildman–Crippen MR) is 140 cm³/mol. The molecule has 37 heavy (non-hydrogen) atoms. The number of aromatic nitrogens is 7. The van der Waals surface area contributed by atoms with E-state index in [9.17, 15) is 0 Å². The van der Waals surface area contributed by atoms with Crippen LogP contribution in [0.2, 0.25) is 5.02 Å². The average Bonchev–Trinajstić information content (AvgIpc) is 3.63. The number of fused-ring (bicyclic) bond motifs is 3. The lowest BCUT2D eigenvalue weighted by atomic mass is 9.99. The molecule has 0 amide bonds. The van der Waals surface area contributed by atoms with E-state index < -0.39 is 0 Å². The van der Waals surface area contributed by atoms with Gasteiger partial charge < -0.3 is 4.42 Å². The normalized spacial score (nSPS) is 14.4. The van der Waals surface area contributed by atoms with Gasteiger partial charge in [0.2, 0.25) is 11.8 Å². The Bertz CT molecular complexity index is 1730. The molecule has 0 spiro atoms. The maximum absolute atomic E-state index is 6.22. The molecule has 1 aliphatic heterocycles. The number of aliphatic imine (C=N–C) groups is 1. The van der Waals surface area contributed by atoms with Crippen LogP contribution in [0.3, 0.4) is 0 Å². The van der Waals surface area contributed by atoms with E-state index >= 15 is 0 Å². The maximum Gasteiger partial charge on any atom is 0.219 e. The summed E-state index contributed by atoms with van der Waals surface area (Å²) in [6, 6.07) is 7.33. The van der Waals surface area contributed by atoms with Gasteiger partial charge >= 0.3 is 0 Å². The Morgan fingerprint density at radius 3 is 2.57 bits per heavy atom. The molecule has 11 heteroatoms. The van der Waals surface area contributed by atoms with Crippen LogP contribution in [-0.4, -0.2) is 40.5 Å². The zero-order valence-corrected chi connectivity index (χ0v) is 22.1. The highest BCUT2D eigenvalue weighted by Crippen LogP contribution is 2.39. The Balaban J connectivity index is 1.56. The van der Waals surface area contributed by atoms with Crippen LogP contribution in [-0.2, 0) is 13.5 Å². The van der Waals surface area contributed by atoms with Crippen LogP contribution in [0.5, 0.6) is 0 Å². The SMILES string of the molecule is Cc1nnc(C[C@@H]2N=C(c3ccc(Cl)cc3)c3c(sc(C#Cc4cnn(C)c4)c3C)-n3c(C)nnc32)o1. The molecule has 0 unspecified atom stereocenters. The van der Waals surface area contributed by atoms with E-state index in [-0.39, 0.29) is 6.04 Å². The summed E-state index contributed by atoms with van der Waals surface area (Å²) in [6.45, 7) is 5.79. The molecule has 1 aromatic carbocycles. The Kier molecular flexibility index (Phi) is 5.74. The fourth-order valence-electron chi connectivity index (χ4n) is 4.34. The van der Waals surface area contributed by atoms with E-state index in [1.807, 2.05) is 44.4 Å². The summed E-state index contributed by atoms with van der Waals surface area (Å²) in [5.41, 5.74) is 4.67. The van der Waals surface area contributed by atoms with Crippen LogP contribution in [0.25, 0.3) is 5.00 Å². The lowest BCUT2D eigenvalue weighted by Gasteiger charge is -2.11. The van der Waals surface area contributed by atoms with Gasteiger partial charge in [0.05, 0.1) is 28.8 Å². The van der Waals surface area contributed by atoms with Gasteiger partial charge in [-0.3, -0.25) is 14.2 Å². The van der Waals surface area contributed by atoms with Crippen LogP contribution in [0, 0.1) is 32.6 Å². The quantitative estimate of drug-likeness (QED) is 0.318. The topological polar surface area (TPSA) is 99.8 Å². The van der Waals surface area contributed by atoms with Crippen molar-refractivity contribution in [2.75, 3.05) is 0 Å². The number of nitrogens with zero attached hydrogens (tertiary/aromatic N) is 8. The van der Waals surface area contributed by atoms with E-state index in [0.717, 1.165) is 43.7 Å². The molecular formula is C26H21ClN8OS. The largest absolute Gasteiger partial charge is 0.426 e. The van der Waals surface area contributed by atoms with Gasteiger partial charge in [0.1, 0.15) is 16.9 Å². The van der Waals surface area contributed by atoms with Crippen molar-refractivity contribution in [1.82, 2.24) is 34.7 Å². The van der Waals surface area contributed by atoms with Crippen LogP contribution >= 0.6 is 22.9 Å². The highest BCUT2D eigenvalue weighted by molar-refractivity contribution is 7.15. The molecule has 5 heterocycles. The molecule has 1 aliphatic rings. The van der Waals surface area contributed by atoms with Gasteiger partial charge in [-0.2, -0.15) is 5.10 Å². The van der Waals surface area contributed by atoms with Gasteiger partial charge in [-0.25, -0.2) is 0 Å². The van der Waals surface area contributed by atoms with Crippen molar-refractivity contribution < 1.29 is 4.42 Å². The lowest BCUT2D eigenvalue weighted by Crippen LogP contribution is -2.09. The van der Waals surface area contributed by atoms with E-state index in [2.05, 4.69) is 48.8 Å². The van der Waals surface area contributed by atoms with Gasteiger partial charge in [0.15, 0.2) is 5.82 Å². The molecule has 0 bridgehead atoms. The minimum atomic E-state index is -0.379. The summed E-state index contributed by atoms with van der Waals surface area (Å²) in [5, 5.41) is 23.0. The van der Waals surface area contributed by atoms with Crippen molar-refractivity contribution in [1.29, 1.82) is 0 Å². The Morgan fingerprint density at radius 2 is 1.86 bits per heavy atom. The monoisotopic (exact) mass is 528 g/mol. The number of thiophene rings is 1. The number of hydrogen-bond donors (Lipinski definition) is 0. The summed E-state index contributed by atoms with van der Waals surface area (Å²) in [7, 11) is 1.88. The van der Waals surface area contributed by atoms with E-state index in [1.165, 1.54) is 0 Å². The zero-order chi connectivity index (χ0) is 25.7. The van der Waals surface area contributed by atoms with Crippen LogP contribution in [0.4, 0.5) is 0 Å². The standard InChI is InChI=1S/C26H21ClN8OS/c1-14-21(10-5-17-12-28-34(4)13-17)37-26-23(14)24(18-6-8-19(27)9-7-18)29-20(11-22-32-31-16(3)36-22)25-33-30-15(2)35(25)26/h6-9,12-13,20H,11H2,1-4H3/t20-/m0/s1. The predicted octanol–water partition coefficient (Wildman–Crippen LogP) is 4.56. The third kappa shape index (κ3) is 4.26. The van der Waals surface area contributed by atoms with Gasteiger partial charge in [-0.05, 0) is 31.5 Å². The summed E-state index contributed by atoms with van der Waals surface area (Å²) < 4.78 is 9.51. The fourth-order valence-corrected chi connectivity index (χ4v) is 5.69. The van der Waals surface area contributed by atoms with Gasteiger partial charge in [0, 0.05) is 36.3 Å². The second-order valence-corrected chi connectivity index (χ2v) is 10.2. The first kappa shape index (κ1) is 23.3. The summed E-state index contributed by atoms with van der Waals surface area (Å²) in [6.07, 6.45) is 4.05. The molecule has 0 fully saturated rings. The maximum atomic E-state index is 6.22. The smallest absolute Gasteiger partial charge is 0.219 e. The number of halogens is 1.